The van der Waals surface area contributed by atoms with E-state index in [1.54, 1.807) is 13.3 Å². The van der Waals surface area contributed by atoms with Crippen molar-refractivity contribution in [1.29, 1.82) is 0 Å². The van der Waals surface area contributed by atoms with E-state index in [1.807, 2.05) is 36.4 Å². The number of para-hydroxylation sites is 2. The summed E-state index contributed by atoms with van der Waals surface area (Å²) < 4.78 is 11.3. The Labute approximate surface area is 138 Å². The number of pyridine rings is 1. The molecule has 0 bridgehead atoms. The summed E-state index contributed by atoms with van der Waals surface area (Å²) in [6, 6.07) is 11.9. The van der Waals surface area contributed by atoms with E-state index in [9.17, 15) is 0 Å². The van der Waals surface area contributed by atoms with Gasteiger partial charge in [-0.1, -0.05) is 18.2 Å². The maximum absolute atomic E-state index is 5.96. The van der Waals surface area contributed by atoms with Crippen LogP contribution in [0, 0.1) is 0 Å². The molecule has 2 rings (SSSR count). The zero-order valence-electron chi connectivity index (χ0n) is 14.2. The number of benzene rings is 1. The molecule has 1 N–H and O–H groups in total. The lowest BCUT2D eigenvalue weighted by molar-refractivity contribution is 0.346. The van der Waals surface area contributed by atoms with Crippen LogP contribution in [0.2, 0.25) is 0 Å². The molecule has 1 heterocycles. The van der Waals surface area contributed by atoms with Crippen LogP contribution in [0.1, 0.15) is 12.5 Å². The molecule has 0 unspecified atom stereocenters. The fraction of sp³-hybridized carbons (Fsp3) is 0.389. The predicted molar refractivity (Wildman–Crippen MR) is 92.2 cm³/mol. The van der Waals surface area contributed by atoms with E-state index >= 15 is 0 Å². The molecular formula is C18H25N3O2. The first-order chi connectivity index (χ1) is 11.1. The Hall–Kier alpha value is -2.11. The predicted octanol–water partition coefficient (Wildman–Crippen LogP) is 2.92. The van der Waals surface area contributed by atoms with Gasteiger partial charge in [-0.05, 0) is 39.2 Å². The minimum absolute atomic E-state index is 0.379. The minimum Gasteiger partial charge on any atom is -0.493 e. The van der Waals surface area contributed by atoms with Crippen LogP contribution in [0.5, 0.6) is 17.4 Å². The highest BCUT2D eigenvalue weighted by Crippen LogP contribution is 2.31. The van der Waals surface area contributed by atoms with Gasteiger partial charge < -0.3 is 19.7 Å². The standard InChI is InChI=1S/C18H25N3O2/c1-14(13-21(2)3)20-12-15-8-7-11-19-18(15)23-17-10-6-5-9-16(17)22-4/h5-11,14,20H,12-13H2,1-4H3/t14-/m1/s1. The van der Waals surface area contributed by atoms with E-state index < -0.39 is 0 Å². The van der Waals surface area contributed by atoms with E-state index in [0.717, 1.165) is 12.1 Å². The number of hydrogen-bond acceptors (Lipinski definition) is 5. The maximum atomic E-state index is 5.96. The largest absolute Gasteiger partial charge is 0.493 e. The summed E-state index contributed by atoms with van der Waals surface area (Å²) >= 11 is 0. The smallest absolute Gasteiger partial charge is 0.223 e. The number of rotatable bonds is 8. The fourth-order valence-corrected chi connectivity index (χ4v) is 2.35. The van der Waals surface area contributed by atoms with E-state index in [4.69, 9.17) is 9.47 Å². The Balaban J connectivity index is 2.08. The van der Waals surface area contributed by atoms with Gasteiger partial charge in [-0.25, -0.2) is 4.98 Å². The first-order valence-electron chi connectivity index (χ1n) is 7.73. The lowest BCUT2D eigenvalue weighted by Gasteiger charge is -2.19. The molecule has 124 valence electrons. The van der Waals surface area contributed by atoms with Crippen molar-refractivity contribution in [2.75, 3.05) is 27.7 Å². The van der Waals surface area contributed by atoms with E-state index in [1.165, 1.54) is 0 Å². The molecule has 0 amide bonds. The van der Waals surface area contributed by atoms with Crippen molar-refractivity contribution in [3.8, 4) is 17.4 Å². The van der Waals surface area contributed by atoms with Gasteiger partial charge in [0.1, 0.15) is 0 Å². The zero-order valence-corrected chi connectivity index (χ0v) is 14.2. The second-order valence-electron chi connectivity index (χ2n) is 5.76. The van der Waals surface area contributed by atoms with E-state index in [-0.39, 0.29) is 0 Å². The van der Waals surface area contributed by atoms with Crippen molar-refractivity contribution >= 4 is 0 Å². The monoisotopic (exact) mass is 315 g/mol. The van der Waals surface area contributed by atoms with Gasteiger partial charge in [0.2, 0.25) is 5.88 Å². The summed E-state index contributed by atoms with van der Waals surface area (Å²) in [6.07, 6.45) is 1.73. The molecular weight excluding hydrogens is 290 g/mol. The molecule has 1 atom stereocenters. The van der Waals surface area contributed by atoms with Gasteiger partial charge in [-0.2, -0.15) is 0 Å². The van der Waals surface area contributed by atoms with Crippen LogP contribution in [0.4, 0.5) is 0 Å². The lowest BCUT2D eigenvalue weighted by Crippen LogP contribution is -2.35. The molecule has 0 fully saturated rings. The van der Waals surface area contributed by atoms with Crippen LogP contribution >= 0.6 is 0 Å². The van der Waals surface area contributed by atoms with Crippen molar-refractivity contribution in [3.63, 3.8) is 0 Å². The Morgan fingerprint density at radius 1 is 1.13 bits per heavy atom. The summed E-state index contributed by atoms with van der Waals surface area (Å²) in [4.78, 5) is 6.52. The van der Waals surface area contributed by atoms with Crippen LogP contribution in [-0.4, -0.2) is 43.7 Å². The SMILES string of the molecule is COc1ccccc1Oc1ncccc1CN[C@H](C)CN(C)C. The second kappa shape index (κ2) is 8.50. The highest BCUT2D eigenvalue weighted by molar-refractivity contribution is 5.42. The number of ether oxygens (including phenoxy) is 2. The molecule has 0 spiro atoms. The molecule has 0 saturated carbocycles. The molecule has 2 aromatic rings. The lowest BCUT2D eigenvalue weighted by atomic mass is 10.2. The van der Waals surface area contributed by atoms with Gasteiger partial charge in [0.15, 0.2) is 11.5 Å². The average Bonchev–Trinajstić information content (AvgIpc) is 2.54. The Bertz CT molecular complexity index is 617. The Morgan fingerprint density at radius 2 is 1.87 bits per heavy atom. The van der Waals surface area contributed by atoms with Crippen LogP contribution in [0.25, 0.3) is 0 Å². The van der Waals surface area contributed by atoms with Crippen LogP contribution in [-0.2, 0) is 6.54 Å². The quantitative estimate of drug-likeness (QED) is 0.811. The Morgan fingerprint density at radius 3 is 2.57 bits per heavy atom. The summed E-state index contributed by atoms with van der Waals surface area (Å²) in [5.74, 6) is 1.95. The van der Waals surface area contributed by atoms with E-state index in [2.05, 4.69) is 36.2 Å². The second-order valence-corrected chi connectivity index (χ2v) is 5.76. The van der Waals surface area contributed by atoms with Gasteiger partial charge in [0, 0.05) is 30.9 Å². The summed E-state index contributed by atoms with van der Waals surface area (Å²) in [6.45, 7) is 3.84. The van der Waals surface area contributed by atoms with Crippen LogP contribution in [0.3, 0.4) is 0 Å². The molecule has 1 aromatic heterocycles. The third-order valence-electron chi connectivity index (χ3n) is 3.41. The fourth-order valence-electron chi connectivity index (χ4n) is 2.35. The molecule has 0 aliphatic heterocycles. The van der Waals surface area contributed by atoms with Gasteiger partial charge in [-0.15, -0.1) is 0 Å². The number of nitrogens with zero attached hydrogens (tertiary/aromatic N) is 2. The van der Waals surface area contributed by atoms with Gasteiger partial charge in [0.05, 0.1) is 7.11 Å². The first-order valence-corrected chi connectivity index (χ1v) is 7.73. The number of methoxy groups -OCH3 is 1. The highest BCUT2D eigenvalue weighted by atomic mass is 16.5. The molecule has 23 heavy (non-hydrogen) atoms. The minimum atomic E-state index is 0.379. The van der Waals surface area contributed by atoms with Crippen molar-refractivity contribution in [1.82, 2.24) is 15.2 Å². The number of hydrogen-bond donors (Lipinski definition) is 1. The van der Waals surface area contributed by atoms with Gasteiger partial charge >= 0.3 is 0 Å². The Kier molecular flexibility index (Phi) is 6.38. The van der Waals surface area contributed by atoms with Crippen molar-refractivity contribution in [3.05, 3.63) is 48.2 Å². The van der Waals surface area contributed by atoms with E-state index in [0.29, 0.717) is 30.0 Å². The number of nitrogens with one attached hydrogen (secondary N) is 1. The zero-order chi connectivity index (χ0) is 16.7. The molecule has 1 aromatic carbocycles. The summed E-state index contributed by atoms with van der Waals surface area (Å²) in [5.41, 5.74) is 1.02. The summed E-state index contributed by atoms with van der Waals surface area (Å²) in [7, 11) is 5.77. The van der Waals surface area contributed by atoms with Crippen molar-refractivity contribution in [2.24, 2.45) is 0 Å². The van der Waals surface area contributed by atoms with Crippen LogP contribution < -0.4 is 14.8 Å². The molecule has 5 nitrogen and oxygen atoms in total. The molecule has 0 aliphatic carbocycles. The van der Waals surface area contributed by atoms with Crippen molar-refractivity contribution in [2.45, 2.75) is 19.5 Å². The number of aromatic nitrogens is 1. The normalized spacial score (nSPS) is 12.2. The number of likely N-dealkylation sites (N-methyl/N-ethyl adjacent to an activating group) is 1. The first kappa shape index (κ1) is 17.2. The average molecular weight is 315 g/mol. The molecule has 0 saturated heterocycles. The molecule has 5 heteroatoms. The topological polar surface area (TPSA) is 46.6 Å². The van der Waals surface area contributed by atoms with Gasteiger partial charge in [0.25, 0.3) is 0 Å². The summed E-state index contributed by atoms with van der Waals surface area (Å²) in [5, 5.41) is 3.49. The third-order valence-corrected chi connectivity index (χ3v) is 3.41. The maximum Gasteiger partial charge on any atom is 0.223 e. The van der Waals surface area contributed by atoms with Crippen molar-refractivity contribution < 1.29 is 9.47 Å². The van der Waals surface area contributed by atoms with Gasteiger partial charge in [-0.3, -0.25) is 0 Å². The highest BCUT2D eigenvalue weighted by Gasteiger charge is 2.11. The third kappa shape index (κ3) is 5.23. The molecule has 0 radical (unpaired) electrons. The molecule has 0 aliphatic rings. The van der Waals surface area contributed by atoms with Crippen LogP contribution in [0.15, 0.2) is 42.6 Å².